The first kappa shape index (κ1) is 21.0. The molecule has 0 fully saturated rings. The third-order valence-electron chi connectivity index (χ3n) is 4.92. The lowest BCUT2D eigenvalue weighted by Crippen LogP contribution is -2.15. The minimum Gasteiger partial charge on any atom is -0.466 e. The number of methoxy groups -OCH3 is 1. The molecular weight excluding hydrogens is 332 g/mol. The summed E-state index contributed by atoms with van der Waals surface area (Å²) in [6, 6.07) is 20.4. The molecule has 0 unspecified atom stereocenters. The lowest BCUT2D eigenvalue weighted by atomic mass is 9.84. The maximum absolute atomic E-state index is 12.6. The summed E-state index contributed by atoms with van der Waals surface area (Å²) < 4.78 is 5.14. The quantitative estimate of drug-likeness (QED) is 0.253. The van der Waals surface area contributed by atoms with Crippen molar-refractivity contribution in [3.63, 3.8) is 0 Å². The van der Waals surface area contributed by atoms with Gasteiger partial charge in [0.2, 0.25) is 0 Å². The first-order valence-electron chi connectivity index (χ1n) is 10.2. The fourth-order valence-corrected chi connectivity index (χ4v) is 3.46. The summed E-state index contributed by atoms with van der Waals surface area (Å²) in [5.74, 6) is -0.335. The number of esters is 1. The molecule has 0 saturated heterocycles. The number of allylic oxidation sites excluding steroid dienone is 1. The minimum atomic E-state index is -0.237. The van der Waals surface area contributed by atoms with E-state index in [4.69, 9.17) is 4.74 Å². The molecule has 0 radical (unpaired) electrons. The Balaban J connectivity index is 2.21. The highest BCUT2D eigenvalue weighted by atomic mass is 16.5. The van der Waals surface area contributed by atoms with Crippen LogP contribution in [0.1, 0.15) is 68.9 Å². The highest BCUT2D eigenvalue weighted by Crippen LogP contribution is 2.33. The highest BCUT2D eigenvalue weighted by Gasteiger charge is 2.24. The molecule has 0 heterocycles. The SMILES string of the molecule is CCCCCCCCC=C(C(=O)OC)C(c1ccccc1)c1ccccc1. The van der Waals surface area contributed by atoms with Crippen LogP contribution in [-0.2, 0) is 9.53 Å². The fourth-order valence-electron chi connectivity index (χ4n) is 3.46. The Morgan fingerprint density at radius 3 is 1.89 bits per heavy atom. The van der Waals surface area contributed by atoms with Gasteiger partial charge in [-0.1, -0.05) is 106 Å². The first-order valence-corrected chi connectivity index (χ1v) is 10.2. The molecular formula is C25H32O2. The van der Waals surface area contributed by atoms with Crippen LogP contribution in [-0.4, -0.2) is 13.1 Å². The van der Waals surface area contributed by atoms with Crippen LogP contribution in [0.25, 0.3) is 0 Å². The lowest BCUT2D eigenvalue weighted by molar-refractivity contribution is -0.136. The Bertz CT molecular complexity index is 649. The second-order valence-corrected chi connectivity index (χ2v) is 6.96. The van der Waals surface area contributed by atoms with E-state index >= 15 is 0 Å². The predicted molar refractivity (Wildman–Crippen MR) is 113 cm³/mol. The number of hydrogen-bond donors (Lipinski definition) is 0. The van der Waals surface area contributed by atoms with Gasteiger partial charge in [-0.05, 0) is 24.0 Å². The van der Waals surface area contributed by atoms with Gasteiger partial charge < -0.3 is 4.74 Å². The second kappa shape index (κ2) is 12.1. The van der Waals surface area contributed by atoms with Crippen LogP contribution < -0.4 is 0 Å². The van der Waals surface area contributed by atoms with E-state index in [0.29, 0.717) is 0 Å². The fraction of sp³-hybridized carbons (Fsp3) is 0.400. The van der Waals surface area contributed by atoms with Gasteiger partial charge >= 0.3 is 5.97 Å². The van der Waals surface area contributed by atoms with Gasteiger partial charge in [0.25, 0.3) is 0 Å². The van der Waals surface area contributed by atoms with Crippen molar-refractivity contribution in [2.45, 2.75) is 57.8 Å². The molecule has 2 aromatic carbocycles. The summed E-state index contributed by atoms with van der Waals surface area (Å²) in [7, 11) is 1.47. The predicted octanol–water partition coefficient (Wildman–Crippen LogP) is 6.67. The van der Waals surface area contributed by atoms with E-state index in [1.807, 2.05) is 36.4 Å². The largest absolute Gasteiger partial charge is 0.466 e. The van der Waals surface area contributed by atoms with Crippen LogP contribution in [0.5, 0.6) is 0 Å². The van der Waals surface area contributed by atoms with Crippen molar-refractivity contribution in [2.24, 2.45) is 0 Å². The topological polar surface area (TPSA) is 26.3 Å². The number of carbonyl (C=O) groups is 1. The van der Waals surface area contributed by atoms with Gasteiger partial charge in [0.05, 0.1) is 7.11 Å². The Labute approximate surface area is 164 Å². The molecule has 2 heteroatoms. The molecule has 0 spiro atoms. The summed E-state index contributed by atoms with van der Waals surface area (Å²) in [5.41, 5.74) is 2.97. The maximum Gasteiger partial charge on any atom is 0.334 e. The van der Waals surface area contributed by atoms with Crippen LogP contribution in [0.4, 0.5) is 0 Å². The van der Waals surface area contributed by atoms with Gasteiger partial charge in [0.1, 0.15) is 0 Å². The summed E-state index contributed by atoms with van der Waals surface area (Å²) in [4.78, 5) is 12.6. The molecule has 0 bridgehead atoms. The molecule has 2 aromatic rings. The number of unbranched alkanes of at least 4 members (excludes halogenated alkanes) is 6. The van der Waals surface area contributed by atoms with Crippen LogP contribution >= 0.6 is 0 Å². The number of benzene rings is 2. The summed E-state index contributed by atoms with van der Waals surface area (Å²) in [6.07, 6.45) is 10.5. The number of ether oxygens (including phenoxy) is 1. The first-order chi connectivity index (χ1) is 13.3. The van der Waals surface area contributed by atoms with E-state index in [0.717, 1.165) is 29.5 Å². The molecule has 0 saturated carbocycles. The molecule has 2 rings (SSSR count). The third kappa shape index (κ3) is 6.71. The zero-order valence-corrected chi connectivity index (χ0v) is 16.7. The van der Waals surface area contributed by atoms with Crippen molar-refractivity contribution in [3.8, 4) is 0 Å². The maximum atomic E-state index is 12.6. The Morgan fingerprint density at radius 2 is 1.37 bits per heavy atom. The van der Waals surface area contributed by atoms with Gasteiger partial charge in [0, 0.05) is 11.5 Å². The average molecular weight is 365 g/mol. The van der Waals surface area contributed by atoms with Crippen molar-refractivity contribution in [1.82, 2.24) is 0 Å². The van der Waals surface area contributed by atoms with Crippen molar-refractivity contribution < 1.29 is 9.53 Å². The molecule has 0 aromatic heterocycles. The van der Waals surface area contributed by atoms with E-state index < -0.39 is 0 Å². The highest BCUT2D eigenvalue weighted by molar-refractivity contribution is 5.91. The molecule has 0 aliphatic rings. The number of rotatable bonds is 11. The van der Waals surface area contributed by atoms with Crippen molar-refractivity contribution in [1.29, 1.82) is 0 Å². The zero-order chi connectivity index (χ0) is 19.3. The zero-order valence-electron chi connectivity index (χ0n) is 16.7. The van der Waals surface area contributed by atoms with E-state index in [-0.39, 0.29) is 11.9 Å². The molecule has 144 valence electrons. The average Bonchev–Trinajstić information content (AvgIpc) is 2.73. The Kier molecular flexibility index (Phi) is 9.40. The number of carbonyl (C=O) groups excluding carboxylic acids is 1. The minimum absolute atomic E-state index is 0.0973. The summed E-state index contributed by atoms with van der Waals surface area (Å²) in [6.45, 7) is 2.23. The Morgan fingerprint density at radius 1 is 0.852 bits per heavy atom. The van der Waals surface area contributed by atoms with E-state index in [1.54, 1.807) is 0 Å². The van der Waals surface area contributed by atoms with Gasteiger partial charge in [-0.25, -0.2) is 4.79 Å². The van der Waals surface area contributed by atoms with E-state index in [1.165, 1.54) is 39.2 Å². The van der Waals surface area contributed by atoms with Gasteiger partial charge in [-0.3, -0.25) is 0 Å². The van der Waals surface area contributed by atoms with Gasteiger partial charge in [0.15, 0.2) is 0 Å². The van der Waals surface area contributed by atoms with Crippen LogP contribution in [0.15, 0.2) is 72.3 Å². The molecule has 27 heavy (non-hydrogen) atoms. The summed E-state index contributed by atoms with van der Waals surface area (Å²) in [5, 5.41) is 0. The van der Waals surface area contributed by atoms with Crippen molar-refractivity contribution in [2.75, 3.05) is 7.11 Å². The molecule has 0 atom stereocenters. The monoisotopic (exact) mass is 364 g/mol. The van der Waals surface area contributed by atoms with Crippen molar-refractivity contribution in [3.05, 3.63) is 83.4 Å². The molecule has 0 amide bonds. The molecule has 0 aliphatic carbocycles. The smallest absolute Gasteiger partial charge is 0.334 e. The van der Waals surface area contributed by atoms with Crippen LogP contribution in [0, 0.1) is 0 Å². The van der Waals surface area contributed by atoms with E-state index in [2.05, 4.69) is 37.3 Å². The Hall–Kier alpha value is -2.35. The lowest BCUT2D eigenvalue weighted by Gasteiger charge is -2.20. The van der Waals surface area contributed by atoms with Crippen LogP contribution in [0.2, 0.25) is 0 Å². The summed E-state index contributed by atoms with van der Waals surface area (Å²) >= 11 is 0. The normalized spacial score (nSPS) is 11.6. The molecule has 0 aliphatic heterocycles. The van der Waals surface area contributed by atoms with E-state index in [9.17, 15) is 4.79 Å². The standard InChI is InChI=1S/C25H32O2/c1-3-4-5-6-7-8-15-20-23(25(26)27-2)24(21-16-11-9-12-17-21)22-18-13-10-14-19-22/h9-14,16-20,24H,3-8,15H2,1-2H3. The third-order valence-corrected chi connectivity index (χ3v) is 4.92. The molecule has 0 N–H and O–H groups in total. The molecule has 2 nitrogen and oxygen atoms in total. The van der Waals surface area contributed by atoms with Gasteiger partial charge in [-0.2, -0.15) is 0 Å². The van der Waals surface area contributed by atoms with Crippen molar-refractivity contribution >= 4 is 5.97 Å². The second-order valence-electron chi connectivity index (χ2n) is 6.96. The van der Waals surface area contributed by atoms with Crippen LogP contribution in [0.3, 0.4) is 0 Å². The van der Waals surface area contributed by atoms with Gasteiger partial charge in [-0.15, -0.1) is 0 Å². The number of hydrogen-bond acceptors (Lipinski definition) is 2.